The lowest BCUT2D eigenvalue weighted by Crippen LogP contribution is -2.37. The average molecular weight is 689 g/mol. The molecule has 0 aliphatic carbocycles. The van der Waals surface area contributed by atoms with Gasteiger partial charge in [0.15, 0.2) is 0 Å². The van der Waals surface area contributed by atoms with Crippen molar-refractivity contribution in [1.29, 1.82) is 0 Å². The summed E-state index contributed by atoms with van der Waals surface area (Å²) in [6.07, 6.45) is 2.23. The van der Waals surface area contributed by atoms with Gasteiger partial charge in [-0.1, -0.05) is 0 Å². The number of hydrogen-bond acceptors (Lipinski definition) is 9. The first kappa shape index (κ1) is 33.2. The van der Waals surface area contributed by atoms with E-state index in [1.807, 2.05) is 0 Å². The summed E-state index contributed by atoms with van der Waals surface area (Å²) in [4.78, 5) is 71.8. The Bertz CT molecular complexity index is 1530. The van der Waals surface area contributed by atoms with Gasteiger partial charge in [-0.15, -0.1) is 0 Å². The highest BCUT2D eigenvalue weighted by atomic mass is 31.2. The van der Waals surface area contributed by atoms with Gasteiger partial charge in [0, 0.05) is 36.3 Å². The predicted octanol–water partition coefficient (Wildman–Crippen LogP) is 3.10. The van der Waals surface area contributed by atoms with Gasteiger partial charge in [-0.2, -0.15) is 0 Å². The molecular formula is C33H33N6O9P. The molecule has 3 aliphatic rings. The van der Waals surface area contributed by atoms with E-state index in [9.17, 15) is 28.8 Å². The van der Waals surface area contributed by atoms with Gasteiger partial charge >= 0.3 is 8.60 Å². The molecule has 0 saturated carbocycles. The lowest BCUT2D eigenvalue weighted by atomic mass is 10.2. The van der Waals surface area contributed by atoms with Crippen LogP contribution in [-0.4, -0.2) is 53.6 Å². The Morgan fingerprint density at radius 2 is 0.755 bits per heavy atom. The Kier molecular flexibility index (Phi) is 10.2. The minimum absolute atomic E-state index is 0.158. The van der Waals surface area contributed by atoms with Crippen molar-refractivity contribution in [2.24, 2.45) is 0 Å². The molecular weight excluding hydrogens is 655 g/mol. The highest BCUT2D eigenvalue weighted by Crippen LogP contribution is 2.43. The van der Waals surface area contributed by atoms with Gasteiger partial charge in [-0.25, -0.2) is 0 Å². The molecule has 49 heavy (non-hydrogen) atoms. The molecule has 3 fully saturated rings. The van der Waals surface area contributed by atoms with Crippen molar-refractivity contribution in [3.63, 3.8) is 0 Å². The number of hydrogen-bond donors (Lipinski definition) is 6. The van der Waals surface area contributed by atoms with Crippen molar-refractivity contribution in [2.75, 3.05) is 16.0 Å². The van der Waals surface area contributed by atoms with Crippen LogP contribution in [-0.2, 0) is 28.8 Å². The van der Waals surface area contributed by atoms with E-state index in [-0.39, 0.29) is 35.4 Å². The molecule has 6 rings (SSSR count). The monoisotopic (exact) mass is 688 g/mol. The van der Waals surface area contributed by atoms with Crippen LogP contribution in [0.4, 0.5) is 17.1 Å². The highest BCUT2D eigenvalue weighted by Gasteiger charge is 2.29. The Hall–Kier alpha value is -5.69. The lowest BCUT2D eigenvalue weighted by Gasteiger charge is -2.19. The maximum absolute atomic E-state index is 12.5. The molecule has 3 heterocycles. The van der Waals surface area contributed by atoms with Gasteiger partial charge in [0.25, 0.3) is 0 Å². The summed E-state index contributed by atoms with van der Waals surface area (Å²) in [7, 11) is -2.11. The topological polar surface area (TPSA) is 202 Å². The molecule has 3 aromatic rings. The fourth-order valence-electron chi connectivity index (χ4n) is 5.23. The molecule has 3 aromatic carbocycles. The molecule has 3 atom stereocenters. The number of carbonyl (C=O) groups is 6. The number of amides is 6. The second-order valence-corrected chi connectivity index (χ2v) is 12.5. The summed E-state index contributed by atoms with van der Waals surface area (Å²) in [5, 5.41) is 16.2. The minimum atomic E-state index is -2.11. The first-order valence-corrected chi connectivity index (χ1v) is 16.7. The molecule has 6 N–H and O–H groups in total. The smallest absolute Gasteiger partial charge is 0.409 e. The van der Waals surface area contributed by atoms with E-state index in [0.29, 0.717) is 72.8 Å². The van der Waals surface area contributed by atoms with Crippen molar-refractivity contribution in [3.8, 4) is 17.2 Å². The third kappa shape index (κ3) is 9.02. The van der Waals surface area contributed by atoms with Gasteiger partial charge in [0.05, 0.1) is 0 Å². The van der Waals surface area contributed by atoms with Gasteiger partial charge in [0.2, 0.25) is 35.4 Å². The zero-order chi connectivity index (χ0) is 34.3. The van der Waals surface area contributed by atoms with E-state index in [0.717, 1.165) is 0 Å². The Balaban J connectivity index is 1.11. The second kappa shape index (κ2) is 15.0. The highest BCUT2D eigenvalue weighted by molar-refractivity contribution is 7.43. The van der Waals surface area contributed by atoms with Crippen LogP contribution in [0.15, 0.2) is 72.8 Å². The minimum Gasteiger partial charge on any atom is -0.409 e. The molecule has 0 aromatic heterocycles. The second-order valence-electron chi connectivity index (χ2n) is 11.5. The summed E-state index contributed by atoms with van der Waals surface area (Å²) >= 11 is 0. The van der Waals surface area contributed by atoms with Crippen LogP contribution in [0.25, 0.3) is 0 Å². The van der Waals surface area contributed by atoms with Crippen molar-refractivity contribution in [2.45, 2.75) is 56.7 Å². The molecule has 6 amide bonds. The fourth-order valence-corrected chi connectivity index (χ4v) is 6.23. The largest absolute Gasteiger partial charge is 0.530 e. The number of nitrogens with one attached hydrogen (secondary N) is 6. The first-order chi connectivity index (χ1) is 23.7. The number of anilines is 3. The predicted molar refractivity (Wildman–Crippen MR) is 178 cm³/mol. The maximum atomic E-state index is 12.5. The first-order valence-electron chi connectivity index (χ1n) is 15.6. The Morgan fingerprint density at radius 3 is 0.980 bits per heavy atom. The molecule has 0 unspecified atom stereocenters. The van der Waals surface area contributed by atoms with E-state index < -0.39 is 26.7 Å². The zero-order valence-electron chi connectivity index (χ0n) is 26.0. The van der Waals surface area contributed by atoms with E-state index in [4.69, 9.17) is 13.6 Å². The van der Waals surface area contributed by atoms with Crippen LogP contribution < -0.4 is 45.5 Å². The van der Waals surface area contributed by atoms with E-state index in [1.54, 1.807) is 72.8 Å². The van der Waals surface area contributed by atoms with Crippen LogP contribution in [0, 0.1) is 0 Å². The van der Waals surface area contributed by atoms with E-state index in [1.165, 1.54) is 0 Å². The van der Waals surface area contributed by atoms with Crippen molar-refractivity contribution in [1.82, 2.24) is 16.0 Å². The van der Waals surface area contributed by atoms with Crippen LogP contribution in [0.2, 0.25) is 0 Å². The number of benzene rings is 3. The van der Waals surface area contributed by atoms with Crippen molar-refractivity contribution >= 4 is 61.1 Å². The third-order valence-corrected chi connectivity index (χ3v) is 8.92. The molecule has 0 bridgehead atoms. The summed E-state index contributed by atoms with van der Waals surface area (Å²) in [6, 6.07) is 17.9. The van der Waals surface area contributed by atoms with E-state index >= 15 is 0 Å². The third-order valence-electron chi connectivity index (χ3n) is 7.84. The molecule has 0 radical (unpaired) electrons. The summed E-state index contributed by atoms with van der Waals surface area (Å²) in [5.74, 6) is -0.275. The van der Waals surface area contributed by atoms with Crippen LogP contribution in [0.5, 0.6) is 17.2 Å². The van der Waals surface area contributed by atoms with Gasteiger partial charge in [-0.3, -0.25) is 28.8 Å². The molecule has 3 saturated heterocycles. The summed E-state index contributed by atoms with van der Waals surface area (Å²) < 4.78 is 18.2. The Labute approximate surface area is 281 Å². The van der Waals surface area contributed by atoms with Crippen LogP contribution in [0.3, 0.4) is 0 Å². The van der Waals surface area contributed by atoms with Crippen molar-refractivity contribution < 1.29 is 42.3 Å². The Morgan fingerprint density at radius 1 is 0.490 bits per heavy atom. The van der Waals surface area contributed by atoms with Crippen LogP contribution >= 0.6 is 8.60 Å². The average Bonchev–Trinajstić information content (AvgIpc) is 3.85. The lowest BCUT2D eigenvalue weighted by molar-refractivity contribution is -0.122. The normalized spacial score (nSPS) is 19.8. The quantitative estimate of drug-likeness (QED) is 0.155. The summed E-state index contributed by atoms with van der Waals surface area (Å²) in [6.45, 7) is 0. The molecule has 16 heteroatoms. The number of carbonyl (C=O) groups excluding carboxylic acids is 6. The zero-order valence-corrected chi connectivity index (χ0v) is 26.9. The maximum Gasteiger partial charge on any atom is 0.530 e. The molecule has 0 spiro atoms. The molecule has 254 valence electrons. The van der Waals surface area contributed by atoms with Gasteiger partial charge < -0.3 is 45.5 Å². The van der Waals surface area contributed by atoms with Crippen molar-refractivity contribution in [3.05, 3.63) is 72.8 Å². The molecule has 3 aliphatic heterocycles. The standard InChI is InChI=1S/C33H33N6O9P/c40-28-16-13-25(37-28)31(43)34-19-1-7-22(8-2-19)46-49(47-23-9-3-20(4-10-23)35-32(44)26-14-17-29(41)38-26)48-24-11-5-21(6-12-24)36-33(45)27-15-18-30(42)39-27/h1-12,25-27H,13-18H2,(H,34,43)(H,35,44)(H,36,45)(H,37,40)(H,38,41)(H,39,42)/t25-,26-,27-/m0/s1. The summed E-state index contributed by atoms with van der Waals surface area (Å²) in [5.41, 5.74) is 1.53. The van der Waals surface area contributed by atoms with Gasteiger partial charge in [-0.05, 0) is 92.1 Å². The SMILES string of the molecule is O=C1CC[C@@H](C(=O)Nc2ccc(OP(Oc3ccc(NC(=O)[C@@H]4CCC(=O)N4)cc3)Oc3ccc(NC(=O)[C@@H]4CCC(=O)N4)cc3)cc2)N1. The van der Waals surface area contributed by atoms with Gasteiger partial charge in [0.1, 0.15) is 35.4 Å². The van der Waals surface area contributed by atoms with E-state index in [2.05, 4.69) is 31.9 Å². The number of rotatable bonds is 12. The molecule has 15 nitrogen and oxygen atoms in total. The van der Waals surface area contributed by atoms with Crippen LogP contribution in [0.1, 0.15) is 38.5 Å². The fraction of sp³-hybridized carbons (Fsp3) is 0.273.